The number of carbonyl (C=O) groups excluding carboxylic acids is 1. The van der Waals surface area contributed by atoms with E-state index in [1.54, 1.807) is 4.90 Å². The van der Waals surface area contributed by atoms with Crippen molar-refractivity contribution in [3.8, 4) is 0 Å². The Hall–Kier alpha value is -2.05. The van der Waals surface area contributed by atoms with Gasteiger partial charge in [0.2, 0.25) is 5.91 Å². The van der Waals surface area contributed by atoms with Gasteiger partial charge in [0.25, 0.3) is 5.56 Å². The third-order valence-corrected chi connectivity index (χ3v) is 3.30. The van der Waals surface area contributed by atoms with Gasteiger partial charge >= 0.3 is 5.69 Å². The van der Waals surface area contributed by atoms with Crippen LogP contribution in [0.2, 0.25) is 0 Å². The molecule has 1 aliphatic rings. The number of nitrogens with two attached hydrogens (primary N) is 1. The van der Waals surface area contributed by atoms with Crippen molar-refractivity contribution in [2.45, 2.75) is 32.2 Å². The average molecular weight is 266 g/mol. The highest BCUT2D eigenvalue weighted by atomic mass is 16.2. The van der Waals surface area contributed by atoms with E-state index in [1.165, 1.54) is 6.20 Å². The van der Waals surface area contributed by atoms with Crippen molar-refractivity contribution >= 4 is 11.6 Å². The van der Waals surface area contributed by atoms with Gasteiger partial charge < -0.3 is 10.6 Å². The molecule has 1 saturated heterocycles. The van der Waals surface area contributed by atoms with Crippen LogP contribution in [0.25, 0.3) is 0 Å². The van der Waals surface area contributed by atoms with Gasteiger partial charge in [0, 0.05) is 19.3 Å². The van der Waals surface area contributed by atoms with E-state index in [1.807, 2.05) is 0 Å². The highest BCUT2D eigenvalue weighted by Crippen LogP contribution is 2.10. The molecule has 2 rings (SSSR count). The van der Waals surface area contributed by atoms with Gasteiger partial charge in [-0.15, -0.1) is 0 Å². The van der Waals surface area contributed by atoms with Gasteiger partial charge in [0.15, 0.2) is 0 Å². The summed E-state index contributed by atoms with van der Waals surface area (Å²) in [4.78, 5) is 38.6. The van der Waals surface area contributed by atoms with Crippen LogP contribution in [-0.4, -0.2) is 33.4 Å². The number of aromatic amines is 1. The summed E-state index contributed by atoms with van der Waals surface area (Å²) >= 11 is 0. The zero-order valence-electron chi connectivity index (χ0n) is 10.7. The number of rotatable bonds is 2. The Morgan fingerprint density at radius 2 is 1.84 bits per heavy atom. The molecule has 0 aromatic carbocycles. The second kappa shape index (κ2) is 5.73. The molecular weight excluding hydrogens is 248 g/mol. The van der Waals surface area contributed by atoms with Gasteiger partial charge in [-0.3, -0.25) is 19.1 Å². The van der Waals surface area contributed by atoms with Gasteiger partial charge in [0.05, 0.1) is 0 Å². The van der Waals surface area contributed by atoms with E-state index >= 15 is 0 Å². The van der Waals surface area contributed by atoms with Crippen molar-refractivity contribution in [1.29, 1.82) is 0 Å². The summed E-state index contributed by atoms with van der Waals surface area (Å²) in [5, 5.41) is 0. The first-order valence-corrected chi connectivity index (χ1v) is 6.45. The number of aromatic nitrogens is 2. The first kappa shape index (κ1) is 13.4. The second-order valence-electron chi connectivity index (χ2n) is 4.77. The zero-order chi connectivity index (χ0) is 13.8. The van der Waals surface area contributed by atoms with Crippen LogP contribution in [0, 0.1) is 0 Å². The Kier molecular flexibility index (Phi) is 4.03. The largest absolute Gasteiger partial charge is 0.393 e. The number of hydrogen-bond donors (Lipinski definition) is 2. The summed E-state index contributed by atoms with van der Waals surface area (Å²) < 4.78 is 1.14. The summed E-state index contributed by atoms with van der Waals surface area (Å²) in [6.45, 7) is 1.37. The molecule has 1 aromatic heterocycles. The maximum atomic E-state index is 12.1. The SMILES string of the molecule is Nc1cn(CC(=O)N2CCCCCC2)c(=O)[nH]c1=O. The lowest BCUT2D eigenvalue weighted by Crippen LogP contribution is -2.39. The smallest absolute Gasteiger partial charge is 0.328 e. The first-order valence-electron chi connectivity index (χ1n) is 6.45. The van der Waals surface area contributed by atoms with E-state index in [-0.39, 0.29) is 18.1 Å². The number of nitrogens with one attached hydrogen (secondary N) is 1. The molecule has 0 spiro atoms. The topological polar surface area (TPSA) is 101 Å². The Morgan fingerprint density at radius 3 is 2.47 bits per heavy atom. The van der Waals surface area contributed by atoms with Crippen LogP contribution >= 0.6 is 0 Å². The van der Waals surface area contributed by atoms with E-state index in [0.29, 0.717) is 0 Å². The predicted octanol–water partition coefficient (Wildman–Crippen LogP) is -0.479. The van der Waals surface area contributed by atoms with E-state index in [4.69, 9.17) is 5.73 Å². The molecular formula is C12H18N4O3. The van der Waals surface area contributed by atoms with Crippen LogP contribution in [0.4, 0.5) is 5.69 Å². The van der Waals surface area contributed by atoms with E-state index in [2.05, 4.69) is 4.98 Å². The number of nitrogens with zero attached hydrogens (tertiary/aromatic N) is 2. The first-order chi connectivity index (χ1) is 9.08. The van der Waals surface area contributed by atoms with Crippen LogP contribution < -0.4 is 17.0 Å². The van der Waals surface area contributed by atoms with Crippen molar-refractivity contribution in [3.05, 3.63) is 27.0 Å². The second-order valence-corrected chi connectivity index (χ2v) is 4.77. The molecule has 19 heavy (non-hydrogen) atoms. The molecule has 1 aromatic rings. The van der Waals surface area contributed by atoms with Crippen LogP contribution in [-0.2, 0) is 11.3 Å². The number of likely N-dealkylation sites (tertiary alicyclic amines) is 1. The van der Waals surface area contributed by atoms with Crippen molar-refractivity contribution in [3.63, 3.8) is 0 Å². The summed E-state index contributed by atoms with van der Waals surface area (Å²) in [6.07, 6.45) is 5.48. The van der Waals surface area contributed by atoms with Gasteiger partial charge in [-0.1, -0.05) is 12.8 Å². The molecule has 1 aliphatic heterocycles. The number of nitrogen functional groups attached to an aromatic ring is 1. The van der Waals surface area contributed by atoms with Gasteiger partial charge in [-0.2, -0.15) is 0 Å². The lowest BCUT2D eigenvalue weighted by Gasteiger charge is -2.20. The Labute approximate surface area is 110 Å². The van der Waals surface area contributed by atoms with Gasteiger partial charge in [0.1, 0.15) is 12.2 Å². The Morgan fingerprint density at radius 1 is 1.21 bits per heavy atom. The fourth-order valence-corrected chi connectivity index (χ4v) is 2.21. The molecule has 3 N–H and O–H groups in total. The highest BCUT2D eigenvalue weighted by Gasteiger charge is 2.16. The number of anilines is 1. The van der Waals surface area contributed by atoms with Crippen LogP contribution in [0.5, 0.6) is 0 Å². The molecule has 0 aliphatic carbocycles. The normalized spacial score (nSPS) is 16.1. The lowest BCUT2D eigenvalue weighted by atomic mass is 10.2. The molecule has 0 radical (unpaired) electrons. The highest BCUT2D eigenvalue weighted by molar-refractivity contribution is 5.76. The van der Waals surface area contributed by atoms with E-state index in [0.717, 1.165) is 43.3 Å². The third-order valence-electron chi connectivity index (χ3n) is 3.30. The minimum Gasteiger partial charge on any atom is -0.393 e. The molecule has 0 unspecified atom stereocenters. The van der Waals surface area contributed by atoms with E-state index in [9.17, 15) is 14.4 Å². The molecule has 0 atom stereocenters. The number of H-pyrrole nitrogens is 1. The van der Waals surface area contributed by atoms with Crippen molar-refractivity contribution < 1.29 is 4.79 Å². The standard InChI is InChI=1S/C12H18N4O3/c13-9-7-16(12(19)14-11(9)18)8-10(17)15-5-3-1-2-4-6-15/h7H,1-6,8,13H2,(H,14,18,19). The van der Waals surface area contributed by atoms with Crippen LogP contribution in [0.1, 0.15) is 25.7 Å². The molecule has 7 heteroatoms. The maximum absolute atomic E-state index is 12.1. The number of amides is 1. The molecule has 2 heterocycles. The Balaban J connectivity index is 2.12. The van der Waals surface area contributed by atoms with Gasteiger partial charge in [-0.25, -0.2) is 4.79 Å². The maximum Gasteiger partial charge on any atom is 0.328 e. The summed E-state index contributed by atoms with van der Waals surface area (Å²) in [5.41, 5.74) is 4.14. The summed E-state index contributed by atoms with van der Waals surface area (Å²) in [7, 11) is 0. The fourth-order valence-electron chi connectivity index (χ4n) is 2.21. The molecule has 1 amide bonds. The molecule has 104 valence electrons. The Bertz CT molecular complexity index is 567. The fraction of sp³-hybridized carbons (Fsp3) is 0.583. The monoisotopic (exact) mass is 266 g/mol. The van der Waals surface area contributed by atoms with Crippen molar-refractivity contribution in [2.75, 3.05) is 18.8 Å². The minimum atomic E-state index is -0.622. The average Bonchev–Trinajstić information content (AvgIpc) is 2.64. The summed E-state index contributed by atoms with van der Waals surface area (Å²) in [6, 6.07) is 0. The quantitative estimate of drug-likeness (QED) is 0.755. The minimum absolute atomic E-state index is 0.0664. The number of carbonyl (C=O) groups is 1. The molecule has 7 nitrogen and oxygen atoms in total. The third kappa shape index (κ3) is 3.24. The van der Waals surface area contributed by atoms with E-state index < -0.39 is 11.2 Å². The van der Waals surface area contributed by atoms with Crippen LogP contribution in [0.3, 0.4) is 0 Å². The molecule has 1 fully saturated rings. The predicted molar refractivity (Wildman–Crippen MR) is 70.8 cm³/mol. The van der Waals surface area contributed by atoms with Crippen molar-refractivity contribution in [1.82, 2.24) is 14.5 Å². The number of hydrogen-bond acceptors (Lipinski definition) is 4. The zero-order valence-corrected chi connectivity index (χ0v) is 10.7. The summed E-state index contributed by atoms with van der Waals surface area (Å²) in [5.74, 6) is -0.115. The van der Waals surface area contributed by atoms with Gasteiger partial charge in [-0.05, 0) is 12.8 Å². The van der Waals surface area contributed by atoms with Crippen molar-refractivity contribution in [2.24, 2.45) is 0 Å². The molecule has 0 saturated carbocycles. The van der Waals surface area contributed by atoms with Crippen LogP contribution in [0.15, 0.2) is 15.8 Å². The lowest BCUT2D eigenvalue weighted by molar-refractivity contribution is -0.131. The molecule has 0 bridgehead atoms.